The minimum atomic E-state index is -0.917. The highest BCUT2D eigenvalue weighted by molar-refractivity contribution is 5.88. The highest BCUT2D eigenvalue weighted by atomic mass is 16.5. The van der Waals surface area contributed by atoms with Crippen molar-refractivity contribution in [3.63, 3.8) is 0 Å². The van der Waals surface area contributed by atoms with Gasteiger partial charge in [0.25, 0.3) is 0 Å². The van der Waals surface area contributed by atoms with E-state index in [1.54, 1.807) is 18.2 Å². The van der Waals surface area contributed by atoms with Crippen LogP contribution in [0, 0.1) is 0 Å². The van der Waals surface area contributed by atoms with Crippen molar-refractivity contribution in [3.05, 3.63) is 29.8 Å². The Bertz CT molecular complexity index is 395. The molecule has 0 spiro atoms. The molecule has 1 saturated heterocycles. The molecule has 86 valence electrons. The lowest BCUT2D eigenvalue weighted by Crippen LogP contribution is -2.46. The van der Waals surface area contributed by atoms with Gasteiger partial charge in [-0.15, -0.1) is 0 Å². The summed E-state index contributed by atoms with van der Waals surface area (Å²) in [4.78, 5) is 12.9. The third-order valence-electron chi connectivity index (χ3n) is 2.55. The lowest BCUT2D eigenvalue weighted by molar-refractivity contribution is 0.0451. The first kappa shape index (κ1) is 10.9. The molecule has 1 aromatic rings. The van der Waals surface area contributed by atoms with Crippen molar-refractivity contribution in [2.24, 2.45) is 5.73 Å². The number of carboxylic acid groups (broad SMARTS) is 1. The fourth-order valence-electron chi connectivity index (χ4n) is 1.75. The number of anilines is 1. The second-order valence-electron chi connectivity index (χ2n) is 3.71. The molecule has 0 aromatic heterocycles. The van der Waals surface area contributed by atoms with E-state index < -0.39 is 5.97 Å². The molecule has 0 saturated carbocycles. The molecule has 1 fully saturated rings. The van der Waals surface area contributed by atoms with Crippen LogP contribution in [-0.2, 0) is 4.74 Å². The van der Waals surface area contributed by atoms with Crippen LogP contribution >= 0.6 is 0 Å². The van der Waals surface area contributed by atoms with Gasteiger partial charge in [0.2, 0.25) is 0 Å². The molecule has 3 N–H and O–H groups in total. The molecule has 5 heteroatoms. The average molecular weight is 222 g/mol. The molecule has 0 aliphatic carbocycles. The number of rotatable bonds is 2. The van der Waals surface area contributed by atoms with E-state index in [2.05, 4.69) is 0 Å². The SMILES string of the molecule is NC1CN(c2cccc(C(=O)O)c2)CCO1. The summed E-state index contributed by atoms with van der Waals surface area (Å²) in [6, 6.07) is 6.84. The summed E-state index contributed by atoms with van der Waals surface area (Å²) in [6.07, 6.45) is -0.303. The maximum atomic E-state index is 10.8. The first-order valence-corrected chi connectivity index (χ1v) is 5.12. The molecular weight excluding hydrogens is 208 g/mol. The number of hydrogen-bond acceptors (Lipinski definition) is 4. The maximum absolute atomic E-state index is 10.8. The van der Waals surface area contributed by atoms with Gasteiger partial charge >= 0.3 is 5.97 Å². The topological polar surface area (TPSA) is 75.8 Å². The number of ether oxygens (including phenoxy) is 1. The van der Waals surface area contributed by atoms with E-state index in [9.17, 15) is 4.79 Å². The van der Waals surface area contributed by atoms with Crippen LogP contribution in [0.4, 0.5) is 5.69 Å². The molecule has 0 bridgehead atoms. The Labute approximate surface area is 93.4 Å². The molecule has 0 radical (unpaired) electrons. The van der Waals surface area contributed by atoms with Crippen molar-refractivity contribution in [2.45, 2.75) is 6.23 Å². The zero-order valence-electron chi connectivity index (χ0n) is 8.80. The van der Waals surface area contributed by atoms with E-state index in [4.69, 9.17) is 15.6 Å². The van der Waals surface area contributed by atoms with Gasteiger partial charge in [0.1, 0.15) is 6.23 Å². The first-order chi connectivity index (χ1) is 7.66. The second kappa shape index (κ2) is 4.51. The van der Waals surface area contributed by atoms with Gasteiger partial charge in [-0.2, -0.15) is 0 Å². The van der Waals surface area contributed by atoms with Gasteiger partial charge < -0.3 is 20.5 Å². The summed E-state index contributed by atoms with van der Waals surface area (Å²) in [5, 5.41) is 8.89. The van der Waals surface area contributed by atoms with Crippen molar-refractivity contribution in [3.8, 4) is 0 Å². The lowest BCUT2D eigenvalue weighted by Gasteiger charge is -2.32. The van der Waals surface area contributed by atoms with Gasteiger partial charge in [-0.1, -0.05) is 6.07 Å². The Hall–Kier alpha value is -1.59. The van der Waals surface area contributed by atoms with Crippen LogP contribution in [0.15, 0.2) is 24.3 Å². The number of aromatic carboxylic acids is 1. The smallest absolute Gasteiger partial charge is 0.335 e. The van der Waals surface area contributed by atoms with E-state index in [0.717, 1.165) is 12.2 Å². The normalized spacial score (nSPS) is 20.8. The van der Waals surface area contributed by atoms with E-state index in [1.807, 2.05) is 11.0 Å². The van der Waals surface area contributed by atoms with Crippen LogP contribution in [0.1, 0.15) is 10.4 Å². The van der Waals surface area contributed by atoms with Crippen LogP contribution < -0.4 is 10.6 Å². The van der Waals surface area contributed by atoms with Crippen molar-refractivity contribution < 1.29 is 14.6 Å². The lowest BCUT2D eigenvalue weighted by atomic mass is 10.2. The standard InChI is InChI=1S/C11H14N2O3/c12-10-7-13(4-5-16-10)9-3-1-2-8(6-9)11(14)15/h1-3,6,10H,4-5,7,12H2,(H,14,15). The summed E-state index contributed by atoms with van der Waals surface area (Å²) in [5.74, 6) is -0.917. The second-order valence-corrected chi connectivity index (χ2v) is 3.71. The van der Waals surface area contributed by atoms with Gasteiger partial charge in [0, 0.05) is 12.2 Å². The summed E-state index contributed by atoms with van der Waals surface area (Å²) < 4.78 is 5.23. The van der Waals surface area contributed by atoms with Gasteiger partial charge in [0.15, 0.2) is 0 Å². The van der Waals surface area contributed by atoms with Crippen molar-refractivity contribution in [1.29, 1.82) is 0 Å². The average Bonchev–Trinajstić information content (AvgIpc) is 2.29. The fraction of sp³-hybridized carbons (Fsp3) is 0.364. The van der Waals surface area contributed by atoms with Crippen LogP contribution in [0.5, 0.6) is 0 Å². The Morgan fingerprint density at radius 2 is 2.38 bits per heavy atom. The number of nitrogens with two attached hydrogens (primary N) is 1. The zero-order chi connectivity index (χ0) is 11.5. The third-order valence-corrected chi connectivity index (χ3v) is 2.55. The first-order valence-electron chi connectivity index (χ1n) is 5.12. The van der Waals surface area contributed by atoms with Crippen LogP contribution in [-0.4, -0.2) is 37.0 Å². The van der Waals surface area contributed by atoms with Crippen LogP contribution in [0.3, 0.4) is 0 Å². The van der Waals surface area contributed by atoms with Crippen molar-refractivity contribution >= 4 is 11.7 Å². The molecular formula is C11H14N2O3. The Balaban J connectivity index is 2.19. The molecule has 1 atom stereocenters. The van der Waals surface area contributed by atoms with Gasteiger partial charge in [-0.25, -0.2) is 4.79 Å². The molecule has 2 rings (SSSR count). The third kappa shape index (κ3) is 2.32. The number of benzene rings is 1. The minimum Gasteiger partial charge on any atom is -0.478 e. The summed E-state index contributed by atoms with van der Waals surface area (Å²) in [5.41, 5.74) is 6.84. The number of carboxylic acids is 1. The minimum absolute atomic E-state index is 0.289. The zero-order valence-corrected chi connectivity index (χ0v) is 8.80. The Kier molecular flexibility index (Phi) is 3.07. The molecule has 1 aliphatic heterocycles. The molecule has 5 nitrogen and oxygen atoms in total. The van der Waals surface area contributed by atoms with Crippen LogP contribution in [0.25, 0.3) is 0 Å². The molecule has 0 amide bonds. The Morgan fingerprint density at radius 3 is 3.06 bits per heavy atom. The van der Waals surface area contributed by atoms with Gasteiger partial charge in [0.05, 0.1) is 18.7 Å². The summed E-state index contributed by atoms with van der Waals surface area (Å²) >= 11 is 0. The predicted octanol–water partition coefficient (Wildman–Crippen LogP) is 0.506. The maximum Gasteiger partial charge on any atom is 0.335 e. The number of nitrogens with zero attached hydrogens (tertiary/aromatic N) is 1. The van der Waals surface area contributed by atoms with E-state index >= 15 is 0 Å². The summed E-state index contributed by atoms with van der Waals surface area (Å²) in [6.45, 7) is 1.89. The van der Waals surface area contributed by atoms with Crippen LogP contribution in [0.2, 0.25) is 0 Å². The van der Waals surface area contributed by atoms with E-state index in [1.165, 1.54) is 0 Å². The molecule has 16 heavy (non-hydrogen) atoms. The highest BCUT2D eigenvalue weighted by Crippen LogP contribution is 2.18. The van der Waals surface area contributed by atoms with E-state index in [0.29, 0.717) is 13.2 Å². The van der Waals surface area contributed by atoms with E-state index in [-0.39, 0.29) is 11.8 Å². The highest BCUT2D eigenvalue weighted by Gasteiger charge is 2.17. The quantitative estimate of drug-likeness (QED) is 0.762. The monoisotopic (exact) mass is 222 g/mol. The molecule has 1 aromatic carbocycles. The Morgan fingerprint density at radius 1 is 1.56 bits per heavy atom. The molecule has 1 aliphatic rings. The fourth-order valence-corrected chi connectivity index (χ4v) is 1.75. The largest absolute Gasteiger partial charge is 0.478 e. The molecule has 1 heterocycles. The van der Waals surface area contributed by atoms with Gasteiger partial charge in [-0.05, 0) is 18.2 Å². The van der Waals surface area contributed by atoms with Crippen molar-refractivity contribution in [2.75, 3.05) is 24.6 Å². The number of hydrogen-bond donors (Lipinski definition) is 2. The number of carbonyl (C=O) groups is 1. The summed E-state index contributed by atoms with van der Waals surface area (Å²) in [7, 11) is 0. The van der Waals surface area contributed by atoms with Gasteiger partial charge in [-0.3, -0.25) is 0 Å². The predicted molar refractivity (Wildman–Crippen MR) is 59.5 cm³/mol. The van der Waals surface area contributed by atoms with Crippen molar-refractivity contribution in [1.82, 2.24) is 0 Å². The number of morpholine rings is 1. The molecule has 1 unspecified atom stereocenters.